The summed E-state index contributed by atoms with van der Waals surface area (Å²) in [4.78, 5) is 4.02. The fourth-order valence-electron chi connectivity index (χ4n) is 0.538. The number of nitrogens with zero attached hydrogens (tertiary/aromatic N) is 1. The lowest BCUT2D eigenvalue weighted by Crippen LogP contribution is -1.94. The monoisotopic (exact) mass is 99.1 g/mol. The van der Waals surface area contributed by atoms with Crippen LogP contribution in [0.25, 0.3) is 0 Å². The van der Waals surface area contributed by atoms with Gasteiger partial charge in [-0.2, -0.15) is 0 Å². The lowest BCUT2D eigenvalue weighted by molar-refractivity contribution is 0.154. The molecule has 1 aliphatic heterocycles. The van der Waals surface area contributed by atoms with Crippen molar-refractivity contribution < 1.29 is 4.74 Å². The van der Waals surface area contributed by atoms with Gasteiger partial charge >= 0.3 is 0 Å². The molecule has 7 heavy (non-hydrogen) atoms. The fourth-order valence-corrected chi connectivity index (χ4v) is 0.538. The van der Waals surface area contributed by atoms with Crippen molar-refractivity contribution in [2.75, 3.05) is 19.8 Å². The van der Waals surface area contributed by atoms with E-state index in [1.165, 1.54) is 0 Å². The Morgan fingerprint density at radius 1 is 1.43 bits per heavy atom. The van der Waals surface area contributed by atoms with Crippen molar-refractivity contribution in [2.24, 2.45) is 4.99 Å². The van der Waals surface area contributed by atoms with Crippen LogP contribution >= 0.6 is 0 Å². The zero-order chi connectivity index (χ0) is 4.95. The Kier molecular flexibility index (Phi) is 1.88. The molecule has 1 aliphatic rings. The van der Waals surface area contributed by atoms with Gasteiger partial charge in [0.1, 0.15) is 0 Å². The topological polar surface area (TPSA) is 21.6 Å². The van der Waals surface area contributed by atoms with Gasteiger partial charge in [-0.1, -0.05) is 0 Å². The van der Waals surface area contributed by atoms with Crippen LogP contribution in [0, 0.1) is 0 Å². The largest absolute Gasteiger partial charge is 0.379 e. The lowest BCUT2D eigenvalue weighted by Gasteiger charge is -1.90. The molecule has 0 saturated heterocycles. The third kappa shape index (κ3) is 1.69. The Labute approximate surface area is 43.2 Å². The van der Waals surface area contributed by atoms with E-state index in [0.717, 1.165) is 26.2 Å². The van der Waals surface area contributed by atoms with Gasteiger partial charge < -0.3 is 4.74 Å². The molecule has 0 aliphatic carbocycles. The molecule has 0 bridgehead atoms. The summed E-state index contributed by atoms with van der Waals surface area (Å²) in [6.07, 6.45) is 2.91. The Hall–Kier alpha value is -0.370. The SMILES string of the molecule is C1=NCCOCC1. The maximum Gasteiger partial charge on any atom is 0.0661 e. The van der Waals surface area contributed by atoms with Crippen LogP contribution in [0.2, 0.25) is 0 Å². The standard InChI is InChI=1S/C5H9NO/c1-2-6-3-5-7-4-1/h2H,1,3-5H2. The quantitative estimate of drug-likeness (QED) is 0.433. The molecule has 0 aromatic rings. The summed E-state index contributed by atoms with van der Waals surface area (Å²) in [5.41, 5.74) is 0. The van der Waals surface area contributed by atoms with Gasteiger partial charge in [0, 0.05) is 12.6 Å². The number of ether oxygens (including phenoxy) is 1. The van der Waals surface area contributed by atoms with Gasteiger partial charge in [0.15, 0.2) is 0 Å². The van der Waals surface area contributed by atoms with E-state index in [1.54, 1.807) is 0 Å². The van der Waals surface area contributed by atoms with Gasteiger partial charge in [0.05, 0.1) is 19.8 Å². The molecule has 1 rings (SSSR count). The van der Waals surface area contributed by atoms with Crippen molar-refractivity contribution in [3.63, 3.8) is 0 Å². The van der Waals surface area contributed by atoms with Crippen molar-refractivity contribution in [3.8, 4) is 0 Å². The van der Waals surface area contributed by atoms with Gasteiger partial charge in [-0.3, -0.25) is 4.99 Å². The first-order valence-corrected chi connectivity index (χ1v) is 2.56. The molecule has 0 atom stereocenters. The summed E-state index contributed by atoms with van der Waals surface area (Å²) in [6, 6.07) is 0. The molecule has 0 unspecified atom stereocenters. The van der Waals surface area contributed by atoms with Crippen molar-refractivity contribution in [1.82, 2.24) is 0 Å². The minimum atomic E-state index is 0.802. The third-order valence-corrected chi connectivity index (χ3v) is 0.885. The van der Waals surface area contributed by atoms with Gasteiger partial charge in [-0.15, -0.1) is 0 Å². The second-order valence-electron chi connectivity index (χ2n) is 1.49. The van der Waals surface area contributed by atoms with E-state index in [2.05, 4.69) is 4.99 Å². The Morgan fingerprint density at radius 3 is 3.43 bits per heavy atom. The van der Waals surface area contributed by atoms with E-state index < -0.39 is 0 Å². The van der Waals surface area contributed by atoms with Crippen LogP contribution < -0.4 is 0 Å². The highest BCUT2D eigenvalue weighted by atomic mass is 16.5. The average Bonchev–Trinajstić information content (AvgIpc) is 1.90. The minimum absolute atomic E-state index is 0.802. The van der Waals surface area contributed by atoms with E-state index in [1.807, 2.05) is 6.21 Å². The third-order valence-electron chi connectivity index (χ3n) is 0.885. The molecular formula is C5H9NO. The molecule has 40 valence electrons. The van der Waals surface area contributed by atoms with E-state index in [4.69, 9.17) is 4.74 Å². The Bertz CT molecular complexity index is 62.5. The normalized spacial score (nSPS) is 21.7. The van der Waals surface area contributed by atoms with Crippen LogP contribution in [0.3, 0.4) is 0 Å². The van der Waals surface area contributed by atoms with Crippen molar-refractivity contribution in [2.45, 2.75) is 6.42 Å². The summed E-state index contributed by atoms with van der Waals surface area (Å²) >= 11 is 0. The summed E-state index contributed by atoms with van der Waals surface area (Å²) in [7, 11) is 0. The molecule has 0 saturated carbocycles. The molecule has 0 radical (unpaired) electrons. The zero-order valence-electron chi connectivity index (χ0n) is 4.26. The van der Waals surface area contributed by atoms with Gasteiger partial charge in [0.25, 0.3) is 0 Å². The van der Waals surface area contributed by atoms with Crippen LogP contribution in [0.5, 0.6) is 0 Å². The molecule has 0 aromatic carbocycles. The highest BCUT2D eigenvalue weighted by molar-refractivity contribution is 5.57. The minimum Gasteiger partial charge on any atom is -0.379 e. The lowest BCUT2D eigenvalue weighted by atomic mass is 10.5. The first kappa shape index (κ1) is 4.78. The van der Waals surface area contributed by atoms with Crippen LogP contribution in [0.4, 0.5) is 0 Å². The number of hydrogen-bond acceptors (Lipinski definition) is 2. The maximum atomic E-state index is 5.07. The van der Waals surface area contributed by atoms with Crippen LogP contribution in [0.1, 0.15) is 6.42 Å². The number of rotatable bonds is 0. The first-order valence-electron chi connectivity index (χ1n) is 2.56. The predicted octanol–water partition coefficient (Wildman–Crippen LogP) is 0.478. The fraction of sp³-hybridized carbons (Fsp3) is 0.800. The molecule has 0 fully saturated rings. The number of hydrogen-bond donors (Lipinski definition) is 0. The second kappa shape index (κ2) is 2.75. The van der Waals surface area contributed by atoms with Gasteiger partial charge in [-0.25, -0.2) is 0 Å². The molecule has 2 heteroatoms. The van der Waals surface area contributed by atoms with Crippen LogP contribution in [-0.2, 0) is 4.74 Å². The molecule has 1 heterocycles. The highest BCUT2D eigenvalue weighted by Gasteiger charge is 1.88. The van der Waals surface area contributed by atoms with E-state index in [0.29, 0.717) is 0 Å². The van der Waals surface area contributed by atoms with Crippen LogP contribution in [0.15, 0.2) is 4.99 Å². The first-order chi connectivity index (χ1) is 3.50. The molecule has 0 aromatic heterocycles. The van der Waals surface area contributed by atoms with E-state index in [9.17, 15) is 0 Å². The molecule has 2 nitrogen and oxygen atoms in total. The number of aliphatic imine (C=N–C) groups is 1. The molecule has 0 spiro atoms. The summed E-state index contributed by atoms with van der Waals surface area (Å²) in [6.45, 7) is 2.50. The summed E-state index contributed by atoms with van der Waals surface area (Å²) in [5, 5.41) is 0. The zero-order valence-corrected chi connectivity index (χ0v) is 4.26. The van der Waals surface area contributed by atoms with Crippen LogP contribution in [-0.4, -0.2) is 26.0 Å². The highest BCUT2D eigenvalue weighted by Crippen LogP contribution is 1.85. The molecular weight excluding hydrogens is 90.1 g/mol. The predicted molar refractivity (Wildman–Crippen MR) is 28.8 cm³/mol. The van der Waals surface area contributed by atoms with Crippen molar-refractivity contribution in [3.05, 3.63) is 0 Å². The van der Waals surface area contributed by atoms with Gasteiger partial charge in [-0.05, 0) is 0 Å². The summed E-state index contributed by atoms with van der Waals surface area (Å²) < 4.78 is 5.07. The smallest absolute Gasteiger partial charge is 0.0661 e. The van der Waals surface area contributed by atoms with E-state index >= 15 is 0 Å². The second-order valence-corrected chi connectivity index (χ2v) is 1.49. The van der Waals surface area contributed by atoms with E-state index in [-0.39, 0.29) is 0 Å². The maximum absolute atomic E-state index is 5.07. The summed E-state index contributed by atoms with van der Waals surface area (Å²) in [5.74, 6) is 0. The Morgan fingerprint density at radius 2 is 2.43 bits per heavy atom. The van der Waals surface area contributed by atoms with Gasteiger partial charge in [0.2, 0.25) is 0 Å². The average molecular weight is 99.1 g/mol. The van der Waals surface area contributed by atoms with Crippen molar-refractivity contribution >= 4 is 6.21 Å². The molecule has 0 amide bonds. The van der Waals surface area contributed by atoms with Crippen molar-refractivity contribution in [1.29, 1.82) is 0 Å². The molecule has 0 N–H and O–H groups in total. The Balaban J connectivity index is 2.20.